The lowest BCUT2D eigenvalue weighted by molar-refractivity contribution is 0.0829. The summed E-state index contributed by atoms with van der Waals surface area (Å²) in [6, 6.07) is 12.5. The molecule has 29 heavy (non-hydrogen) atoms. The molecule has 146 valence electrons. The monoisotopic (exact) mass is 427 g/mol. The van der Waals surface area contributed by atoms with Crippen LogP contribution in [0.4, 0.5) is 4.39 Å². The first-order chi connectivity index (χ1) is 14.1. The third kappa shape index (κ3) is 4.15. The Balaban J connectivity index is 1.54. The molecule has 0 atom stereocenters. The first-order valence-corrected chi connectivity index (χ1v) is 10.4. The van der Waals surface area contributed by atoms with Crippen LogP contribution in [0.1, 0.15) is 26.5 Å². The minimum Gasteiger partial charge on any atom is -0.451 e. The number of rotatable bonds is 5. The van der Waals surface area contributed by atoms with E-state index in [1.807, 2.05) is 35.7 Å². The molecule has 0 bridgehead atoms. The zero-order valence-electron chi connectivity index (χ0n) is 14.8. The van der Waals surface area contributed by atoms with E-state index in [4.69, 9.17) is 4.42 Å². The van der Waals surface area contributed by atoms with Gasteiger partial charge in [0.25, 0.3) is 5.91 Å². The van der Waals surface area contributed by atoms with Gasteiger partial charge in [0.1, 0.15) is 5.58 Å². The second-order valence-corrected chi connectivity index (χ2v) is 8.11. The van der Waals surface area contributed by atoms with Gasteiger partial charge < -0.3 is 4.42 Å². The van der Waals surface area contributed by atoms with Gasteiger partial charge in [-0.1, -0.05) is 24.3 Å². The number of benzene rings is 1. The molecule has 9 heteroatoms. The zero-order valence-corrected chi connectivity index (χ0v) is 16.5. The molecule has 3 aromatic heterocycles. The van der Waals surface area contributed by atoms with E-state index in [9.17, 15) is 14.0 Å². The van der Waals surface area contributed by atoms with Crippen molar-refractivity contribution in [3.8, 4) is 0 Å². The Morgan fingerprint density at radius 3 is 2.72 bits per heavy atom. The summed E-state index contributed by atoms with van der Waals surface area (Å²) in [6.07, 6.45) is 2.22. The maximum atomic E-state index is 13.7. The molecule has 6 nitrogen and oxygen atoms in total. The fraction of sp³-hybridized carbons (Fsp3) is 0.0500. The average Bonchev–Trinajstić information content (AvgIpc) is 3.38. The Kier molecular flexibility index (Phi) is 5.59. The number of pyridine rings is 1. The highest BCUT2D eigenvalue weighted by Gasteiger charge is 2.22. The van der Waals surface area contributed by atoms with E-state index < -0.39 is 17.6 Å². The van der Waals surface area contributed by atoms with E-state index in [1.165, 1.54) is 12.3 Å². The largest absolute Gasteiger partial charge is 0.451 e. The van der Waals surface area contributed by atoms with Crippen LogP contribution in [-0.2, 0) is 5.75 Å². The van der Waals surface area contributed by atoms with Gasteiger partial charge in [0.15, 0.2) is 11.6 Å². The first kappa shape index (κ1) is 19.2. The number of nitrogens with one attached hydrogen (secondary N) is 2. The molecule has 0 aliphatic heterocycles. The Morgan fingerprint density at radius 1 is 1.10 bits per heavy atom. The fourth-order valence-electron chi connectivity index (χ4n) is 2.71. The number of carbonyl (C=O) groups excluding carboxylic acids is 2. The average molecular weight is 427 g/mol. The smallest absolute Gasteiger partial charge is 0.305 e. The molecule has 3 heterocycles. The van der Waals surface area contributed by atoms with Crippen LogP contribution in [0.25, 0.3) is 11.0 Å². The lowest BCUT2D eigenvalue weighted by Gasteiger charge is -2.07. The number of hydrogen-bond donors (Lipinski definition) is 2. The lowest BCUT2D eigenvalue weighted by atomic mass is 10.1. The van der Waals surface area contributed by atoms with Crippen molar-refractivity contribution < 1.29 is 18.4 Å². The zero-order chi connectivity index (χ0) is 20.2. The van der Waals surface area contributed by atoms with Crippen LogP contribution in [0.15, 0.2) is 68.9 Å². The van der Waals surface area contributed by atoms with Crippen LogP contribution in [0.3, 0.4) is 0 Å². The number of amides is 2. The van der Waals surface area contributed by atoms with Gasteiger partial charge >= 0.3 is 5.91 Å². The number of halogens is 1. The van der Waals surface area contributed by atoms with Crippen LogP contribution in [0.5, 0.6) is 0 Å². The molecular weight excluding hydrogens is 413 g/mol. The van der Waals surface area contributed by atoms with E-state index in [0.717, 1.165) is 21.4 Å². The van der Waals surface area contributed by atoms with Crippen molar-refractivity contribution in [2.45, 2.75) is 9.96 Å². The van der Waals surface area contributed by atoms with Crippen molar-refractivity contribution in [3.63, 3.8) is 0 Å². The maximum Gasteiger partial charge on any atom is 0.305 e. The minimum atomic E-state index is -0.788. The lowest BCUT2D eigenvalue weighted by Crippen LogP contribution is -2.42. The summed E-state index contributed by atoms with van der Waals surface area (Å²) in [6.45, 7) is 0. The highest BCUT2D eigenvalue weighted by atomic mass is 32.2. The second kappa shape index (κ2) is 8.46. The van der Waals surface area contributed by atoms with Crippen molar-refractivity contribution in [2.24, 2.45) is 0 Å². The van der Waals surface area contributed by atoms with Gasteiger partial charge in [-0.3, -0.25) is 25.4 Å². The molecule has 0 unspecified atom stereocenters. The standard InChI is InChI=1S/C20H14FN3O3S2/c21-15-10-22-8-7-13(15)19(25)23-24-20(26)18-14(11-29-17-6-3-9-28-17)12-4-1-2-5-16(12)27-18/h1-10H,11H2,(H,23,25)(H,24,26). The highest BCUT2D eigenvalue weighted by Crippen LogP contribution is 2.33. The van der Waals surface area contributed by atoms with Gasteiger partial charge in [-0.05, 0) is 23.6 Å². The van der Waals surface area contributed by atoms with Crippen molar-refractivity contribution >= 4 is 45.9 Å². The van der Waals surface area contributed by atoms with E-state index in [2.05, 4.69) is 15.8 Å². The van der Waals surface area contributed by atoms with Crippen LogP contribution >= 0.6 is 23.1 Å². The van der Waals surface area contributed by atoms with Crippen molar-refractivity contribution in [3.05, 3.63) is 82.9 Å². The van der Waals surface area contributed by atoms with E-state index in [0.29, 0.717) is 11.3 Å². The quantitative estimate of drug-likeness (QED) is 0.364. The van der Waals surface area contributed by atoms with Crippen molar-refractivity contribution in [2.75, 3.05) is 0 Å². The number of thiophene rings is 1. The van der Waals surface area contributed by atoms with E-state index >= 15 is 0 Å². The molecule has 0 aliphatic carbocycles. The number of aromatic nitrogens is 1. The number of thioether (sulfide) groups is 1. The Hall–Kier alpha value is -3.17. The fourth-order valence-corrected chi connectivity index (χ4v) is 4.52. The third-order valence-corrected chi connectivity index (χ3v) is 6.22. The van der Waals surface area contributed by atoms with Gasteiger partial charge in [0.05, 0.1) is 16.0 Å². The number of hydrogen-bond acceptors (Lipinski definition) is 6. The second-order valence-electron chi connectivity index (χ2n) is 5.89. The Bertz CT molecular complexity index is 1170. The van der Waals surface area contributed by atoms with Gasteiger partial charge in [0, 0.05) is 22.9 Å². The topological polar surface area (TPSA) is 84.2 Å². The molecule has 4 aromatic rings. The summed E-state index contributed by atoms with van der Waals surface area (Å²) >= 11 is 3.20. The third-order valence-electron chi connectivity index (χ3n) is 4.06. The molecule has 0 fully saturated rings. The molecule has 0 aliphatic rings. The number of furan rings is 1. The predicted octanol–water partition coefficient (Wildman–Crippen LogP) is 4.40. The van der Waals surface area contributed by atoms with E-state index in [-0.39, 0.29) is 11.3 Å². The number of para-hydroxylation sites is 1. The first-order valence-electron chi connectivity index (χ1n) is 8.50. The molecule has 2 N–H and O–H groups in total. The molecule has 1 aromatic carbocycles. The highest BCUT2D eigenvalue weighted by molar-refractivity contribution is 8.00. The predicted molar refractivity (Wildman–Crippen MR) is 109 cm³/mol. The summed E-state index contributed by atoms with van der Waals surface area (Å²) < 4.78 is 20.5. The normalized spacial score (nSPS) is 10.8. The maximum absolute atomic E-state index is 13.7. The molecule has 4 rings (SSSR count). The summed E-state index contributed by atoms with van der Waals surface area (Å²) in [5.41, 5.74) is 5.58. The van der Waals surface area contributed by atoms with Crippen LogP contribution in [0, 0.1) is 5.82 Å². The van der Waals surface area contributed by atoms with Gasteiger partial charge in [-0.25, -0.2) is 4.39 Å². The Morgan fingerprint density at radius 2 is 1.93 bits per heavy atom. The molecule has 2 amide bonds. The van der Waals surface area contributed by atoms with Gasteiger partial charge in [-0.15, -0.1) is 23.1 Å². The van der Waals surface area contributed by atoms with Crippen molar-refractivity contribution in [1.29, 1.82) is 0 Å². The van der Waals surface area contributed by atoms with Crippen LogP contribution in [-0.4, -0.2) is 16.8 Å². The molecule has 0 saturated heterocycles. The number of fused-ring (bicyclic) bond motifs is 1. The van der Waals surface area contributed by atoms with Crippen LogP contribution < -0.4 is 10.9 Å². The minimum absolute atomic E-state index is 0.103. The summed E-state index contributed by atoms with van der Waals surface area (Å²) in [5, 5.41) is 2.81. The number of carbonyl (C=O) groups is 2. The summed E-state index contributed by atoms with van der Waals surface area (Å²) in [5.74, 6) is -1.57. The van der Waals surface area contributed by atoms with E-state index in [1.54, 1.807) is 29.2 Å². The SMILES string of the molecule is O=C(NNC(=O)c1oc2ccccc2c1CSc1cccs1)c1ccncc1F. The summed E-state index contributed by atoms with van der Waals surface area (Å²) in [4.78, 5) is 28.4. The molecule has 0 spiro atoms. The van der Waals surface area contributed by atoms with Gasteiger partial charge in [-0.2, -0.15) is 0 Å². The number of hydrazine groups is 1. The molecule has 0 saturated carbocycles. The Labute approximate surface area is 173 Å². The van der Waals surface area contributed by atoms with Crippen molar-refractivity contribution in [1.82, 2.24) is 15.8 Å². The van der Waals surface area contributed by atoms with Gasteiger partial charge in [0.2, 0.25) is 0 Å². The number of nitrogens with zero attached hydrogens (tertiary/aromatic N) is 1. The summed E-state index contributed by atoms with van der Waals surface area (Å²) in [7, 11) is 0. The van der Waals surface area contributed by atoms with Crippen LogP contribution in [0.2, 0.25) is 0 Å². The molecule has 0 radical (unpaired) electrons. The molecular formula is C20H14FN3O3S2.